The molecule has 0 aliphatic carbocycles. The van der Waals surface area contributed by atoms with E-state index < -0.39 is 18.1 Å². The Morgan fingerprint density at radius 1 is 1.16 bits per heavy atom. The van der Waals surface area contributed by atoms with Gasteiger partial charge in [0, 0.05) is 18.5 Å². The number of anilines is 1. The van der Waals surface area contributed by atoms with Gasteiger partial charge in [-0.15, -0.1) is 0 Å². The predicted molar refractivity (Wildman–Crippen MR) is 96.2 cm³/mol. The maximum atomic E-state index is 12.3. The average Bonchev–Trinajstić information content (AvgIpc) is 2.91. The Morgan fingerprint density at radius 2 is 1.84 bits per heavy atom. The minimum Gasteiger partial charge on any atom is -0.391 e. The number of carbonyl (C=O) groups is 2. The summed E-state index contributed by atoms with van der Waals surface area (Å²) < 4.78 is 0. The zero-order valence-electron chi connectivity index (χ0n) is 14.1. The summed E-state index contributed by atoms with van der Waals surface area (Å²) in [5.74, 6) is -0.875. The second kappa shape index (κ2) is 7.49. The SMILES string of the molecule is CC(NC(=O)CC1C(=O)Nc2ccccc21)C(O)Cc1ccccc1. The van der Waals surface area contributed by atoms with Crippen LogP contribution in [0.1, 0.15) is 30.4 Å². The fourth-order valence-corrected chi connectivity index (χ4v) is 3.11. The first-order valence-corrected chi connectivity index (χ1v) is 8.45. The summed E-state index contributed by atoms with van der Waals surface area (Å²) in [6.07, 6.45) is -0.142. The summed E-state index contributed by atoms with van der Waals surface area (Å²) in [5.41, 5.74) is 2.63. The van der Waals surface area contributed by atoms with Crippen molar-refractivity contribution in [2.75, 3.05) is 5.32 Å². The van der Waals surface area contributed by atoms with E-state index in [4.69, 9.17) is 0 Å². The molecule has 130 valence electrons. The summed E-state index contributed by atoms with van der Waals surface area (Å²) >= 11 is 0. The molecule has 1 heterocycles. The molecule has 0 radical (unpaired) electrons. The van der Waals surface area contributed by atoms with Gasteiger partial charge in [-0.1, -0.05) is 48.5 Å². The van der Waals surface area contributed by atoms with Crippen molar-refractivity contribution >= 4 is 17.5 Å². The van der Waals surface area contributed by atoms with Gasteiger partial charge in [0.1, 0.15) is 0 Å². The van der Waals surface area contributed by atoms with Crippen molar-refractivity contribution in [1.29, 1.82) is 0 Å². The fourth-order valence-electron chi connectivity index (χ4n) is 3.11. The standard InChI is InChI=1S/C20H22N2O3/c1-13(18(23)11-14-7-3-2-4-8-14)21-19(24)12-16-15-9-5-6-10-17(15)22-20(16)25/h2-10,13,16,18,23H,11-12H2,1H3,(H,21,24)(H,22,25). The molecular formula is C20H22N2O3. The number of amides is 2. The Kier molecular flexibility index (Phi) is 5.14. The summed E-state index contributed by atoms with van der Waals surface area (Å²) in [5, 5.41) is 15.9. The Balaban J connectivity index is 1.56. The average molecular weight is 338 g/mol. The van der Waals surface area contributed by atoms with Crippen LogP contribution < -0.4 is 10.6 Å². The van der Waals surface area contributed by atoms with Crippen LogP contribution in [0.5, 0.6) is 0 Å². The van der Waals surface area contributed by atoms with Gasteiger partial charge in [0.05, 0.1) is 18.1 Å². The number of benzene rings is 2. The van der Waals surface area contributed by atoms with Crippen molar-refractivity contribution in [3.05, 3.63) is 65.7 Å². The van der Waals surface area contributed by atoms with Gasteiger partial charge < -0.3 is 15.7 Å². The minimum absolute atomic E-state index is 0.0746. The molecule has 2 amide bonds. The lowest BCUT2D eigenvalue weighted by Gasteiger charge is -2.21. The van der Waals surface area contributed by atoms with Crippen LogP contribution in [0, 0.1) is 0 Å². The van der Waals surface area contributed by atoms with Crippen LogP contribution in [0.15, 0.2) is 54.6 Å². The molecule has 3 N–H and O–H groups in total. The quantitative estimate of drug-likeness (QED) is 0.756. The first kappa shape index (κ1) is 17.2. The zero-order chi connectivity index (χ0) is 17.8. The molecule has 0 bridgehead atoms. The van der Waals surface area contributed by atoms with E-state index in [-0.39, 0.29) is 18.2 Å². The Morgan fingerprint density at radius 3 is 2.60 bits per heavy atom. The molecule has 0 spiro atoms. The van der Waals surface area contributed by atoms with E-state index in [0.29, 0.717) is 6.42 Å². The van der Waals surface area contributed by atoms with E-state index in [9.17, 15) is 14.7 Å². The number of aliphatic hydroxyl groups is 1. The van der Waals surface area contributed by atoms with Gasteiger partial charge in [-0.05, 0) is 24.1 Å². The molecule has 3 unspecified atom stereocenters. The first-order chi connectivity index (χ1) is 12.0. The Hall–Kier alpha value is -2.66. The molecule has 2 aromatic carbocycles. The molecule has 5 nitrogen and oxygen atoms in total. The number of hydrogen-bond donors (Lipinski definition) is 3. The van der Waals surface area contributed by atoms with Crippen LogP contribution in [0.4, 0.5) is 5.69 Å². The number of hydrogen-bond acceptors (Lipinski definition) is 3. The van der Waals surface area contributed by atoms with Gasteiger partial charge >= 0.3 is 0 Å². The summed E-state index contributed by atoms with van der Waals surface area (Å²) in [4.78, 5) is 24.4. The second-order valence-corrected chi connectivity index (χ2v) is 6.45. The van der Waals surface area contributed by atoms with Gasteiger partial charge in [-0.3, -0.25) is 9.59 Å². The third kappa shape index (κ3) is 4.06. The first-order valence-electron chi connectivity index (χ1n) is 8.45. The maximum absolute atomic E-state index is 12.3. The third-order valence-corrected chi connectivity index (χ3v) is 4.55. The lowest BCUT2D eigenvalue weighted by Crippen LogP contribution is -2.42. The Bertz CT molecular complexity index is 761. The molecule has 0 fully saturated rings. The highest BCUT2D eigenvalue weighted by atomic mass is 16.3. The van der Waals surface area contributed by atoms with E-state index >= 15 is 0 Å². The normalized spacial score (nSPS) is 18.2. The highest BCUT2D eigenvalue weighted by Gasteiger charge is 2.32. The summed E-state index contributed by atoms with van der Waals surface area (Å²) in [6, 6.07) is 16.6. The van der Waals surface area contributed by atoms with Crippen LogP contribution >= 0.6 is 0 Å². The van der Waals surface area contributed by atoms with E-state index in [1.54, 1.807) is 6.92 Å². The largest absolute Gasteiger partial charge is 0.391 e. The van der Waals surface area contributed by atoms with Crippen molar-refractivity contribution < 1.29 is 14.7 Å². The zero-order valence-corrected chi connectivity index (χ0v) is 14.1. The topological polar surface area (TPSA) is 78.4 Å². The molecule has 5 heteroatoms. The molecule has 0 saturated heterocycles. The monoisotopic (exact) mass is 338 g/mol. The van der Waals surface area contributed by atoms with Crippen molar-refractivity contribution in [3.63, 3.8) is 0 Å². The molecule has 3 atom stereocenters. The number of carbonyl (C=O) groups excluding carboxylic acids is 2. The number of para-hydroxylation sites is 1. The molecule has 1 aliphatic heterocycles. The van der Waals surface area contributed by atoms with Gasteiger partial charge in [0.25, 0.3) is 0 Å². The van der Waals surface area contributed by atoms with E-state index in [1.807, 2.05) is 54.6 Å². The lowest BCUT2D eigenvalue weighted by molar-refractivity contribution is -0.126. The molecule has 25 heavy (non-hydrogen) atoms. The van der Waals surface area contributed by atoms with Crippen molar-refractivity contribution in [1.82, 2.24) is 5.32 Å². The van der Waals surface area contributed by atoms with Crippen LogP contribution in [-0.2, 0) is 16.0 Å². The predicted octanol–water partition coefficient (Wildman–Crippen LogP) is 2.22. The molecule has 1 aliphatic rings. The molecule has 0 saturated carbocycles. The minimum atomic E-state index is -0.684. The fraction of sp³-hybridized carbons (Fsp3) is 0.300. The van der Waals surface area contributed by atoms with Crippen LogP contribution in [0.25, 0.3) is 0 Å². The smallest absolute Gasteiger partial charge is 0.232 e. The summed E-state index contributed by atoms with van der Waals surface area (Å²) in [6.45, 7) is 1.77. The summed E-state index contributed by atoms with van der Waals surface area (Å²) in [7, 11) is 0. The van der Waals surface area contributed by atoms with Crippen LogP contribution in [-0.4, -0.2) is 29.1 Å². The highest BCUT2D eigenvalue weighted by Crippen LogP contribution is 2.34. The van der Waals surface area contributed by atoms with Crippen molar-refractivity contribution in [2.24, 2.45) is 0 Å². The third-order valence-electron chi connectivity index (χ3n) is 4.55. The Labute approximate surface area is 147 Å². The van der Waals surface area contributed by atoms with Crippen LogP contribution in [0.3, 0.4) is 0 Å². The van der Waals surface area contributed by atoms with E-state index in [0.717, 1.165) is 16.8 Å². The van der Waals surface area contributed by atoms with Crippen molar-refractivity contribution in [3.8, 4) is 0 Å². The number of fused-ring (bicyclic) bond motifs is 1. The molecule has 2 aromatic rings. The molecule has 3 rings (SSSR count). The van der Waals surface area contributed by atoms with Gasteiger partial charge in [0.15, 0.2) is 0 Å². The number of aliphatic hydroxyl groups excluding tert-OH is 1. The van der Waals surface area contributed by atoms with Gasteiger partial charge in [-0.25, -0.2) is 0 Å². The second-order valence-electron chi connectivity index (χ2n) is 6.45. The van der Waals surface area contributed by atoms with E-state index in [1.165, 1.54) is 0 Å². The maximum Gasteiger partial charge on any atom is 0.232 e. The number of rotatable bonds is 6. The van der Waals surface area contributed by atoms with Crippen LogP contribution in [0.2, 0.25) is 0 Å². The molecular weight excluding hydrogens is 316 g/mol. The van der Waals surface area contributed by atoms with Crippen molar-refractivity contribution in [2.45, 2.75) is 37.8 Å². The number of nitrogens with one attached hydrogen (secondary N) is 2. The highest BCUT2D eigenvalue weighted by molar-refractivity contribution is 6.04. The molecule has 0 aromatic heterocycles. The van der Waals surface area contributed by atoms with Gasteiger partial charge in [0.2, 0.25) is 11.8 Å². The van der Waals surface area contributed by atoms with E-state index in [2.05, 4.69) is 10.6 Å². The lowest BCUT2D eigenvalue weighted by atomic mass is 9.96. The van der Waals surface area contributed by atoms with Gasteiger partial charge in [-0.2, -0.15) is 0 Å².